The van der Waals surface area contributed by atoms with Crippen molar-refractivity contribution < 1.29 is 18.3 Å². The van der Waals surface area contributed by atoms with E-state index in [0.717, 1.165) is 12.8 Å². The molecule has 1 saturated heterocycles. The van der Waals surface area contributed by atoms with Gasteiger partial charge in [-0.15, -0.1) is 0 Å². The third-order valence-corrected chi connectivity index (χ3v) is 6.38. The van der Waals surface area contributed by atoms with Crippen LogP contribution in [0.5, 0.6) is 0 Å². The third kappa shape index (κ3) is 3.57. The smallest absolute Gasteiger partial charge is 0.311 e. The summed E-state index contributed by atoms with van der Waals surface area (Å²) in [4.78, 5) is 11.6. The number of rotatable bonds is 8. The van der Waals surface area contributed by atoms with E-state index in [-0.39, 0.29) is 19.0 Å². The number of hydrogen-bond acceptors (Lipinski definition) is 3. The predicted octanol–water partition coefficient (Wildman–Crippen LogP) is 1.79. The van der Waals surface area contributed by atoms with E-state index in [2.05, 4.69) is 0 Å². The summed E-state index contributed by atoms with van der Waals surface area (Å²) in [5, 5.41) is 9.53. The average molecular weight is 320 g/mol. The van der Waals surface area contributed by atoms with Crippen LogP contribution in [0.3, 0.4) is 0 Å². The topological polar surface area (TPSA) is 77.9 Å². The van der Waals surface area contributed by atoms with Gasteiger partial charge in [-0.05, 0) is 25.2 Å². The SMILES string of the molecule is CCCN(CCC)S(=O)(=O)N1CCC(C(=O)O)(C(C)C)C1. The first-order valence-electron chi connectivity index (χ1n) is 7.71. The van der Waals surface area contributed by atoms with Crippen molar-refractivity contribution in [2.24, 2.45) is 11.3 Å². The van der Waals surface area contributed by atoms with Crippen molar-refractivity contribution in [3.63, 3.8) is 0 Å². The molecule has 6 nitrogen and oxygen atoms in total. The van der Waals surface area contributed by atoms with E-state index in [1.54, 1.807) is 0 Å². The number of hydrogen-bond donors (Lipinski definition) is 1. The molecule has 1 unspecified atom stereocenters. The van der Waals surface area contributed by atoms with E-state index in [4.69, 9.17) is 0 Å². The molecule has 1 aliphatic rings. The fraction of sp³-hybridized carbons (Fsp3) is 0.929. The molecule has 0 bridgehead atoms. The van der Waals surface area contributed by atoms with Gasteiger partial charge in [0.05, 0.1) is 5.41 Å². The van der Waals surface area contributed by atoms with Crippen LogP contribution in [0.2, 0.25) is 0 Å². The Hall–Kier alpha value is -0.660. The zero-order chi connectivity index (χ0) is 16.3. The molecular weight excluding hydrogens is 292 g/mol. The summed E-state index contributed by atoms with van der Waals surface area (Å²) in [6, 6.07) is 0. The zero-order valence-corrected chi connectivity index (χ0v) is 14.3. The van der Waals surface area contributed by atoms with Crippen molar-refractivity contribution >= 4 is 16.2 Å². The summed E-state index contributed by atoms with van der Waals surface area (Å²) < 4.78 is 28.2. The fourth-order valence-corrected chi connectivity index (χ4v) is 4.76. The van der Waals surface area contributed by atoms with Crippen LogP contribution in [0.25, 0.3) is 0 Å². The van der Waals surface area contributed by atoms with Crippen LogP contribution in [0.15, 0.2) is 0 Å². The van der Waals surface area contributed by atoms with Gasteiger partial charge in [0.1, 0.15) is 0 Å². The second kappa shape index (κ2) is 7.07. The van der Waals surface area contributed by atoms with Crippen molar-refractivity contribution in [1.29, 1.82) is 0 Å². The van der Waals surface area contributed by atoms with E-state index >= 15 is 0 Å². The summed E-state index contributed by atoms with van der Waals surface area (Å²) in [6.45, 7) is 8.90. The van der Waals surface area contributed by atoms with Crippen molar-refractivity contribution in [3.05, 3.63) is 0 Å². The zero-order valence-electron chi connectivity index (χ0n) is 13.5. The quantitative estimate of drug-likeness (QED) is 0.739. The van der Waals surface area contributed by atoms with Crippen LogP contribution < -0.4 is 0 Å². The fourth-order valence-electron chi connectivity index (χ4n) is 2.89. The molecule has 0 spiro atoms. The Kier molecular flexibility index (Phi) is 6.19. The largest absolute Gasteiger partial charge is 0.481 e. The summed E-state index contributed by atoms with van der Waals surface area (Å²) in [7, 11) is -3.56. The Balaban J connectivity index is 2.99. The lowest BCUT2D eigenvalue weighted by Gasteiger charge is -2.30. The molecule has 0 saturated carbocycles. The van der Waals surface area contributed by atoms with Gasteiger partial charge in [0.15, 0.2) is 0 Å². The summed E-state index contributed by atoms with van der Waals surface area (Å²) in [6.07, 6.45) is 1.88. The molecule has 21 heavy (non-hydrogen) atoms. The van der Waals surface area contributed by atoms with E-state index in [9.17, 15) is 18.3 Å². The van der Waals surface area contributed by atoms with E-state index in [0.29, 0.717) is 19.5 Å². The lowest BCUT2D eigenvalue weighted by Crippen LogP contribution is -2.46. The van der Waals surface area contributed by atoms with Crippen LogP contribution in [0, 0.1) is 11.3 Å². The highest BCUT2D eigenvalue weighted by atomic mass is 32.2. The van der Waals surface area contributed by atoms with Gasteiger partial charge in [-0.2, -0.15) is 17.0 Å². The molecule has 0 aromatic rings. The standard InChI is InChI=1S/C14H28N2O4S/c1-5-8-15(9-6-2)21(19,20)16-10-7-14(11-16,12(3)4)13(17)18/h12H,5-11H2,1-4H3,(H,17,18). The normalized spacial score (nSPS) is 24.1. The molecule has 1 N–H and O–H groups in total. The molecule has 0 aromatic heterocycles. The first-order valence-corrected chi connectivity index (χ1v) is 9.10. The van der Waals surface area contributed by atoms with Gasteiger partial charge in [-0.3, -0.25) is 4.79 Å². The van der Waals surface area contributed by atoms with E-state index < -0.39 is 21.6 Å². The molecule has 0 aromatic carbocycles. The highest BCUT2D eigenvalue weighted by molar-refractivity contribution is 7.86. The molecule has 1 aliphatic heterocycles. The summed E-state index contributed by atoms with van der Waals surface area (Å²) in [5.74, 6) is -0.992. The maximum atomic E-state index is 12.7. The van der Waals surface area contributed by atoms with Crippen LogP contribution >= 0.6 is 0 Å². The first kappa shape index (κ1) is 18.4. The predicted molar refractivity (Wildman–Crippen MR) is 82.2 cm³/mol. The van der Waals surface area contributed by atoms with Crippen LogP contribution in [0.4, 0.5) is 0 Å². The maximum Gasteiger partial charge on any atom is 0.311 e. The molecule has 7 heteroatoms. The molecule has 124 valence electrons. The van der Waals surface area contributed by atoms with Crippen molar-refractivity contribution in [2.75, 3.05) is 26.2 Å². The molecule has 0 radical (unpaired) electrons. The van der Waals surface area contributed by atoms with E-state index in [1.807, 2.05) is 27.7 Å². The third-order valence-electron chi connectivity index (χ3n) is 4.40. The first-order chi connectivity index (χ1) is 9.72. The Bertz CT molecular complexity index is 458. The Morgan fingerprint density at radius 3 is 2.14 bits per heavy atom. The average Bonchev–Trinajstić information content (AvgIpc) is 2.85. The van der Waals surface area contributed by atoms with Gasteiger partial charge in [0.25, 0.3) is 10.2 Å². The lowest BCUT2D eigenvalue weighted by atomic mass is 9.77. The lowest BCUT2D eigenvalue weighted by molar-refractivity contribution is -0.150. The van der Waals surface area contributed by atoms with Crippen LogP contribution in [-0.2, 0) is 15.0 Å². The van der Waals surface area contributed by atoms with Crippen LogP contribution in [-0.4, -0.2) is 54.3 Å². The van der Waals surface area contributed by atoms with Gasteiger partial charge >= 0.3 is 5.97 Å². The number of carboxylic acids is 1. The Morgan fingerprint density at radius 1 is 1.29 bits per heavy atom. The maximum absolute atomic E-state index is 12.7. The number of nitrogens with zero attached hydrogens (tertiary/aromatic N) is 2. The highest BCUT2D eigenvalue weighted by Gasteiger charge is 2.50. The molecule has 1 atom stereocenters. The van der Waals surface area contributed by atoms with Crippen LogP contribution in [0.1, 0.15) is 47.0 Å². The Morgan fingerprint density at radius 2 is 1.81 bits per heavy atom. The Labute approximate surface area is 128 Å². The minimum Gasteiger partial charge on any atom is -0.481 e. The monoisotopic (exact) mass is 320 g/mol. The number of aliphatic carboxylic acids is 1. The highest BCUT2D eigenvalue weighted by Crippen LogP contribution is 2.39. The molecule has 1 heterocycles. The minimum atomic E-state index is -3.56. The number of carbonyl (C=O) groups is 1. The second-order valence-electron chi connectivity index (χ2n) is 6.11. The van der Waals surface area contributed by atoms with Gasteiger partial charge < -0.3 is 5.11 Å². The second-order valence-corrected chi connectivity index (χ2v) is 8.03. The summed E-state index contributed by atoms with van der Waals surface area (Å²) >= 11 is 0. The van der Waals surface area contributed by atoms with Gasteiger partial charge in [0, 0.05) is 26.2 Å². The molecule has 1 rings (SSSR count). The van der Waals surface area contributed by atoms with E-state index in [1.165, 1.54) is 8.61 Å². The number of carboxylic acid groups (broad SMARTS) is 1. The van der Waals surface area contributed by atoms with Gasteiger partial charge in [-0.1, -0.05) is 27.7 Å². The minimum absolute atomic E-state index is 0.0757. The molecule has 0 aliphatic carbocycles. The van der Waals surface area contributed by atoms with Crippen molar-refractivity contribution in [2.45, 2.75) is 47.0 Å². The molecule has 0 amide bonds. The van der Waals surface area contributed by atoms with Gasteiger partial charge in [-0.25, -0.2) is 0 Å². The molecular formula is C14H28N2O4S. The molecule has 1 fully saturated rings. The van der Waals surface area contributed by atoms with Gasteiger partial charge in [0.2, 0.25) is 0 Å². The van der Waals surface area contributed by atoms with Crippen molar-refractivity contribution in [1.82, 2.24) is 8.61 Å². The summed E-state index contributed by atoms with van der Waals surface area (Å²) in [5.41, 5.74) is -0.961. The van der Waals surface area contributed by atoms with Crippen molar-refractivity contribution in [3.8, 4) is 0 Å².